The number of carbonyl (C=O) groups excluding carboxylic acids is 1. The van der Waals surface area contributed by atoms with E-state index in [4.69, 9.17) is 0 Å². The normalized spacial score (nSPS) is 20.9. The molecule has 54 valence electrons. The fourth-order valence-electron chi connectivity index (χ4n) is 1.05. The van der Waals surface area contributed by atoms with Gasteiger partial charge in [0.2, 0.25) is 0 Å². The van der Waals surface area contributed by atoms with Crippen LogP contribution in [0.15, 0.2) is 33.8 Å². The lowest BCUT2D eigenvalue weighted by atomic mass is 10.0. The van der Waals surface area contributed by atoms with E-state index in [1.165, 1.54) is 0 Å². The number of nitrogens with zero attached hydrogens (tertiary/aromatic N) is 2. The summed E-state index contributed by atoms with van der Waals surface area (Å²) in [4.78, 5) is 18.0. The van der Waals surface area contributed by atoms with Crippen LogP contribution in [-0.2, 0) is 0 Å². The van der Waals surface area contributed by atoms with E-state index in [1.807, 2.05) is 18.2 Å². The van der Waals surface area contributed by atoms with Gasteiger partial charge in [0, 0.05) is 11.8 Å². The van der Waals surface area contributed by atoms with Crippen LogP contribution in [0.5, 0.6) is 0 Å². The molecule has 2 rings (SSSR count). The molecule has 3 heteroatoms. The molecule has 0 aromatic rings. The van der Waals surface area contributed by atoms with E-state index in [0.717, 1.165) is 17.7 Å². The molecule has 2 aliphatic rings. The first kappa shape index (κ1) is 6.22. The van der Waals surface area contributed by atoms with Crippen LogP contribution in [-0.4, -0.2) is 18.0 Å². The molecule has 11 heavy (non-hydrogen) atoms. The molecule has 0 saturated carbocycles. The highest BCUT2D eigenvalue weighted by atomic mass is 16.2. The lowest BCUT2D eigenvalue weighted by Gasteiger charge is -2.07. The van der Waals surface area contributed by atoms with Crippen molar-refractivity contribution < 1.29 is 4.79 Å². The Balaban J connectivity index is 2.44. The summed E-state index contributed by atoms with van der Waals surface area (Å²) >= 11 is 0. The Morgan fingerprint density at radius 3 is 3.27 bits per heavy atom. The number of aliphatic imine (C=N–C) groups is 2. The number of rotatable bonds is 0. The summed E-state index contributed by atoms with van der Waals surface area (Å²) < 4.78 is 0. The lowest BCUT2D eigenvalue weighted by molar-refractivity contribution is 0.257. The van der Waals surface area contributed by atoms with Crippen molar-refractivity contribution in [1.29, 1.82) is 0 Å². The summed E-state index contributed by atoms with van der Waals surface area (Å²) in [7, 11) is 0. The Hall–Kier alpha value is -1.51. The molecule has 1 aliphatic carbocycles. The molecule has 1 heterocycles. The second-order valence-electron chi connectivity index (χ2n) is 2.34. The van der Waals surface area contributed by atoms with Gasteiger partial charge in [0.25, 0.3) is 0 Å². The SMILES string of the molecule is O=C1N=CC2=CCC=CC2=N1. The number of allylic oxidation sites excluding steroid dienone is 4. The van der Waals surface area contributed by atoms with Crippen LogP contribution in [0.4, 0.5) is 4.79 Å². The topological polar surface area (TPSA) is 41.8 Å². The molecule has 1 aliphatic heterocycles. The van der Waals surface area contributed by atoms with E-state index in [-0.39, 0.29) is 0 Å². The number of urea groups is 1. The third kappa shape index (κ3) is 1.05. The van der Waals surface area contributed by atoms with E-state index in [0.29, 0.717) is 0 Å². The Morgan fingerprint density at radius 2 is 2.36 bits per heavy atom. The number of fused-ring (bicyclic) bond motifs is 1. The van der Waals surface area contributed by atoms with Crippen LogP contribution in [0.2, 0.25) is 0 Å². The summed E-state index contributed by atoms with van der Waals surface area (Å²) in [6.45, 7) is 0. The van der Waals surface area contributed by atoms with Gasteiger partial charge in [-0.1, -0.05) is 12.2 Å². The Kier molecular flexibility index (Phi) is 1.28. The fraction of sp³-hybridized carbons (Fsp3) is 0.125. The van der Waals surface area contributed by atoms with Crippen LogP contribution in [0.25, 0.3) is 0 Å². The first-order valence-electron chi connectivity index (χ1n) is 3.40. The maximum absolute atomic E-state index is 10.7. The Bertz CT molecular complexity index is 321. The van der Waals surface area contributed by atoms with Crippen molar-refractivity contribution in [3.8, 4) is 0 Å². The van der Waals surface area contributed by atoms with Crippen molar-refractivity contribution in [3.05, 3.63) is 23.8 Å². The van der Waals surface area contributed by atoms with Crippen molar-refractivity contribution in [2.45, 2.75) is 6.42 Å². The molecule has 0 fully saturated rings. The smallest absolute Gasteiger partial charge is 0.244 e. The van der Waals surface area contributed by atoms with Gasteiger partial charge < -0.3 is 0 Å². The average molecular weight is 146 g/mol. The molecule has 3 nitrogen and oxygen atoms in total. The summed E-state index contributed by atoms with van der Waals surface area (Å²) in [5, 5.41) is 0. The van der Waals surface area contributed by atoms with Crippen molar-refractivity contribution in [2.24, 2.45) is 9.98 Å². The van der Waals surface area contributed by atoms with Crippen LogP contribution in [0, 0.1) is 0 Å². The second kappa shape index (κ2) is 2.27. The third-order valence-corrected chi connectivity index (χ3v) is 1.58. The van der Waals surface area contributed by atoms with E-state index in [2.05, 4.69) is 9.98 Å². The zero-order valence-corrected chi connectivity index (χ0v) is 5.82. The molecule has 0 atom stereocenters. The van der Waals surface area contributed by atoms with Gasteiger partial charge in [-0.15, -0.1) is 0 Å². The Labute approximate surface area is 63.9 Å². The van der Waals surface area contributed by atoms with Gasteiger partial charge >= 0.3 is 6.03 Å². The van der Waals surface area contributed by atoms with Gasteiger partial charge in [-0.3, -0.25) is 0 Å². The molecule has 0 aromatic heterocycles. The lowest BCUT2D eigenvalue weighted by Crippen LogP contribution is -2.11. The standard InChI is InChI=1S/C8H6N2O/c11-8-9-5-6-3-1-2-4-7(6)10-8/h2-5H,1H2. The molecule has 0 saturated heterocycles. The highest BCUT2D eigenvalue weighted by Gasteiger charge is 2.11. The summed E-state index contributed by atoms with van der Waals surface area (Å²) in [5.41, 5.74) is 1.68. The molecular weight excluding hydrogens is 140 g/mol. The molecular formula is C8H6N2O. The minimum atomic E-state index is -0.413. The van der Waals surface area contributed by atoms with Gasteiger partial charge in [0.1, 0.15) is 0 Å². The number of hydrogen-bond acceptors (Lipinski definition) is 1. The minimum Gasteiger partial charge on any atom is -0.244 e. The highest BCUT2D eigenvalue weighted by molar-refractivity contribution is 6.27. The van der Waals surface area contributed by atoms with Crippen molar-refractivity contribution in [1.82, 2.24) is 0 Å². The summed E-state index contributed by atoms with van der Waals surface area (Å²) in [5.74, 6) is 0. The number of hydrogen-bond donors (Lipinski definition) is 0. The van der Waals surface area contributed by atoms with Crippen molar-refractivity contribution >= 4 is 18.0 Å². The van der Waals surface area contributed by atoms with Crippen LogP contribution in [0.3, 0.4) is 0 Å². The largest absolute Gasteiger partial charge is 0.367 e. The van der Waals surface area contributed by atoms with Crippen molar-refractivity contribution in [3.63, 3.8) is 0 Å². The monoisotopic (exact) mass is 146 g/mol. The first-order chi connectivity index (χ1) is 5.36. The molecule has 0 bridgehead atoms. The van der Waals surface area contributed by atoms with Gasteiger partial charge in [-0.2, -0.15) is 9.98 Å². The molecule has 0 radical (unpaired) electrons. The fourth-order valence-corrected chi connectivity index (χ4v) is 1.05. The van der Waals surface area contributed by atoms with Crippen LogP contribution in [0.1, 0.15) is 6.42 Å². The molecule has 0 spiro atoms. The van der Waals surface area contributed by atoms with Gasteiger partial charge in [0.05, 0.1) is 5.71 Å². The van der Waals surface area contributed by atoms with Gasteiger partial charge in [0.15, 0.2) is 0 Å². The van der Waals surface area contributed by atoms with Gasteiger partial charge in [-0.05, 0) is 12.5 Å². The zero-order valence-electron chi connectivity index (χ0n) is 5.82. The molecule has 0 aromatic carbocycles. The predicted octanol–water partition coefficient (Wildman–Crippen LogP) is 1.52. The van der Waals surface area contributed by atoms with Gasteiger partial charge in [-0.25, -0.2) is 4.79 Å². The summed E-state index contributed by atoms with van der Waals surface area (Å²) in [6.07, 6.45) is 8.27. The number of carbonyl (C=O) groups is 1. The number of amides is 2. The maximum atomic E-state index is 10.7. The maximum Gasteiger partial charge on any atom is 0.367 e. The first-order valence-corrected chi connectivity index (χ1v) is 3.40. The van der Waals surface area contributed by atoms with E-state index in [1.54, 1.807) is 6.21 Å². The minimum absolute atomic E-state index is 0.413. The third-order valence-electron chi connectivity index (χ3n) is 1.58. The van der Waals surface area contributed by atoms with Crippen molar-refractivity contribution in [2.75, 3.05) is 0 Å². The average Bonchev–Trinajstić information content (AvgIpc) is 2.04. The van der Waals surface area contributed by atoms with E-state index >= 15 is 0 Å². The Morgan fingerprint density at radius 1 is 1.45 bits per heavy atom. The highest BCUT2D eigenvalue weighted by Crippen LogP contribution is 2.10. The molecule has 0 unspecified atom stereocenters. The van der Waals surface area contributed by atoms with E-state index in [9.17, 15) is 4.79 Å². The quantitative estimate of drug-likeness (QED) is 0.510. The van der Waals surface area contributed by atoms with E-state index < -0.39 is 6.03 Å². The molecule has 2 amide bonds. The zero-order chi connectivity index (χ0) is 7.68. The summed E-state index contributed by atoms with van der Waals surface area (Å²) in [6, 6.07) is -0.413. The predicted molar refractivity (Wildman–Crippen MR) is 43.2 cm³/mol. The second-order valence-corrected chi connectivity index (χ2v) is 2.34. The van der Waals surface area contributed by atoms with Crippen LogP contribution < -0.4 is 0 Å². The van der Waals surface area contributed by atoms with Crippen LogP contribution >= 0.6 is 0 Å². The molecule has 0 N–H and O–H groups in total.